The van der Waals surface area contributed by atoms with Gasteiger partial charge in [0.05, 0.1) is 9.79 Å². The molecule has 0 bridgehead atoms. The van der Waals surface area contributed by atoms with Crippen LogP contribution >= 0.6 is 23.1 Å². The first-order chi connectivity index (χ1) is 17.1. The minimum Gasteiger partial charge on any atom is -0.870 e. The monoisotopic (exact) mass is 670 g/mol. The normalized spacial score (nSPS) is 10.2. The molecular formula is C24H37Cl2KN2O9S2. The summed E-state index contributed by atoms with van der Waals surface area (Å²) in [5, 5.41) is 19.5. The molecule has 224 valence electrons. The van der Waals surface area contributed by atoms with Gasteiger partial charge in [0.25, 0.3) is 9.05 Å². The van der Waals surface area contributed by atoms with E-state index in [9.17, 15) is 26.4 Å². The number of rotatable bonds is 11. The van der Waals surface area contributed by atoms with Crippen molar-refractivity contribution in [3.05, 3.63) is 59.7 Å². The molecule has 0 aliphatic carbocycles. The summed E-state index contributed by atoms with van der Waals surface area (Å²) in [6, 6.07) is 13.1. The molecule has 0 unspecified atom stereocenters. The topological polar surface area (TPSA) is 188 Å². The van der Waals surface area contributed by atoms with Crippen LogP contribution in [0.4, 0.5) is 0 Å². The van der Waals surface area contributed by atoms with Crippen molar-refractivity contribution in [1.29, 1.82) is 0 Å². The predicted molar refractivity (Wildman–Crippen MR) is 152 cm³/mol. The zero-order chi connectivity index (χ0) is 28.6. The third-order valence-electron chi connectivity index (χ3n) is 4.65. The number of aryl methyl sites for hydroxylation is 2. The molecule has 0 saturated heterocycles. The number of hydrogen-bond acceptors (Lipinski definition) is 8. The Morgan fingerprint density at radius 3 is 1.68 bits per heavy atom. The molecule has 11 nitrogen and oxygen atoms in total. The molecular weight excluding hydrogens is 634 g/mol. The maximum atomic E-state index is 12.1. The zero-order valence-corrected chi connectivity index (χ0v) is 29.5. The number of carboxylic acids is 2. The van der Waals surface area contributed by atoms with Crippen molar-refractivity contribution in [2.45, 2.75) is 49.3 Å². The Hall–Kier alpha value is -0.624. The standard InChI is InChI=1S/C12H17NO4S.C7H7ClO2S.C5H11NO2.ClH.K.H2O/c1-10-5-3-6-11(9-10)18(16,17)13(2)8-4-7-12(14)15;1-6-3-2-4-7(5-6)11(8,9)10;1-6-4-2-3-5(7)8;;;/h3,5-6,9H,4,7-8H2,1-2H3,(H,14,15);2-5H,1H3;6H,2-4H2,1H3,(H,7,8);1H;;1H2/q;;;;+1;/p-1. The molecule has 40 heavy (non-hydrogen) atoms. The second-order valence-corrected chi connectivity index (χ2v) is 12.6. The van der Waals surface area contributed by atoms with Gasteiger partial charge in [0.15, 0.2) is 0 Å². The number of hydrogen-bond donors (Lipinski definition) is 3. The van der Waals surface area contributed by atoms with Crippen LogP contribution in [-0.4, -0.2) is 76.0 Å². The summed E-state index contributed by atoms with van der Waals surface area (Å²) in [6.45, 7) is 4.61. The van der Waals surface area contributed by atoms with E-state index >= 15 is 0 Å². The van der Waals surface area contributed by atoms with E-state index in [4.69, 9.17) is 20.9 Å². The van der Waals surface area contributed by atoms with Crippen LogP contribution < -0.4 is 56.7 Å². The fraction of sp³-hybridized carbons (Fsp3) is 0.417. The maximum Gasteiger partial charge on any atom is 1.00 e. The first kappa shape index (κ1) is 46.3. The maximum absolute atomic E-state index is 12.1. The van der Waals surface area contributed by atoms with Crippen molar-refractivity contribution in [2.24, 2.45) is 0 Å². The molecule has 16 heteroatoms. The van der Waals surface area contributed by atoms with Gasteiger partial charge in [0, 0.05) is 37.1 Å². The largest absolute Gasteiger partial charge is 1.00 e. The molecule has 0 aliphatic rings. The van der Waals surface area contributed by atoms with Crippen molar-refractivity contribution >= 4 is 54.1 Å². The van der Waals surface area contributed by atoms with E-state index < -0.39 is 31.0 Å². The molecule has 0 radical (unpaired) electrons. The molecule has 2 aromatic carbocycles. The van der Waals surface area contributed by atoms with Gasteiger partial charge in [-0.15, -0.1) is 12.4 Å². The van der Waals surface area contributed by atoms with E-state index in [-0.39, 0.29) is 98.4 Å². The Kier molecular flexibility index (Phi) is 27.7. The second kappa shape index (κ2) is 23.9. The first-order valence-corrected chi connectivity index (χ1v) is 15.0. The van der Waals surface area contributed by atoms with Crippen molar-refractivity contribution in [3.63, 3.8) is 0 Å². The Morgan fingerprint density at radius 2 is 1.30 bits per heavy atom. The summed E-state index contributed by atoms with van der Waals surface area (Å²) in [7, 11) is 1.30. The number of nitrogens with one attached hydrogen (secondary N) is 1. The first-order valence-electron chi connectivity index (χ1n) is 11.2. The average molecular weight is 672 g/mol. The third-order valence-corrected chi connectivity index (χ3v) is 7.85. The van der Waals surface area contributed by atoms with E-state index in [0.717, 1.165) is 17.7 Å². The number of carboxylic acid groups (broad SMARTS) is 2. The second-order valence-electron chi connectivity index (χ2n) is 8.00. The van der Waals surface area contributed by atoms with Gasteiger partial charge in [0.1, 0.15) is 0 Å². The SMILES string of the molecule is CNCCCC(=O)O.Cc1cccc(S(=O)(=O)Cl)c1.Cc1cccc(S(=O)(=O)N(C)CCCC(=O)O)c1.Cl.[K+].[OH-]. The van der Waals surface area contributed by atoms with Gasteiger partial charge in [-0.25, -0.2) is 21.1 Å². The molecule has 0 amide bonds. The fourth-order valence-electron chi connectivity index (χ4n) is 2.71. The molecule has 0 aromatic heterocycles. The van der Waals surface area contributed by atoms with Crippen LogP contribution in [0.3, 0.4) is 0 Å². The van der Waals surface area contributed by atoms with Gasteiger partial charge in [-0.1, -0.05) is 24.3 Å². The molecule has 0 atom stereocenters. The number of halogens is 2. The van der Waals surface area contributed by atoms with Gasteiger partial charge in [0.2, 0.25) is 10.0 Å². The molecule has 2 aromatic rings. The Morgan fingerprint density at radius 1 is 0.875 bits per heavy atom. The summed E-state index contributed by atoms with van der Waals surface area (Å²) in [4.78, 5) is 20.6. The van der Waals surface area contributed by atoms with Gasteiger partial charge >= 0.3 is 63.3 Å². The van der Waals surface area contributed by atoms with Crippen LogP contribution in [0.1, 0.15) is 36.8 Å². The summed E-state index contributed by atoms with van der Waals surface area (Å²) in [5.41, 5.74) is 1.75. The summed E-state index contributed by atoms with van der Waals surface area (Å²) in [5.74, 6) is -1.64. The van der Waals surface area contributed by atoms with Crippen LogP contribution in [0, 0.1) is 13.8 Å². The molecule has 0 aliphatic heterocycles. The Bertz CT molecular complexity index is 1230. The Balaban J connectivity index is -0.000000255. The fourth-order valence-corrected chi connectivity index (χ4v) is 4.88. The Labute approximate surface area is 290 Å². The smallest absolute Gasteiger partial charge is 0.870 e. The van der Waals surface area contributed by atoms with Gasteiger partial charge in [-0.05, 0) is 75.7 Å². The minimum absolute atomic E-state index is 0. The molecule has 2 rings (SSSR count). The van der Waals surface area contributed by atoms with Crippen molar-refractivity contribution < 1.29 is 93.5 Å². The van der Waals surface area contributed by atoms with Crippen LogP contribution in [0.2, 0.25) is 0 Å². The van der Waals surface area contributed by atoms with E-state index in [1.165, 1.54) is 29.6 Å². The molecule has 0 heterocycles. The average Bonchev–Trinajstić information content (AvgIpc) is 2.79. The molecule has 0 spiro atoms. The molecule has 0 fully saturated rings. The predicted octanol–water partition coefficient (Wildman–Crippen LogP) is 0.722. The number of carbonyl (C=O) groups is 2. The number of aliphatic carboxylic acids is 2. The van der Waals surface area contributed by atoms with Crippen LogP contribution in [-0.2, 0) is 28.7 Å². The van der Waals surface area contributed by atoms with E-state index in [1.807, 2.05) is 33.0 Å². The van der Waals surface area contributed by atoms with Crippen LogP contribution in [0.25, 0.3) is 0 Å². The molecule has 0 saturated carbocycles. The van der Waals surface area contributed by atoms with Gasteiger partial charge < -0.3 is 21.0 Å². The summed E-state index contributed by atoms with van der Waals surface area (Å²) >= 11 is 0. The van der Waals surface area contributed by atoms with Crippen LogP contribution in [0.5, 0.6) is 0 Å². The number of nitrogens with zero attached hydrogens (tertiary/aromatic N) is 1. The van der Waals surface area contributed by atoms with Crippen molar-refractivity contribution in [1.82, 2.24) is 9.62 Å². The number of sulfonamides is 1. The van der Waals surface area contributed by atoms with Crippen molar-refractivity contribution in [2.75, 3.05) is 27.2 Å². The summed E-state index contributed by atoms with van der Waals surface area (Å²) < 4.78 is 47.0. The van der Waals surface area contributed by atoms with Crippen molar-refractivity contribution in [3.8, 4) is 0 Å². The molecule has 4 N–H and O–H groups in total. The number of benzene rings is 2. The van der Waals surface area contributed by atoms with E-state index in [0.29, 0.717) is 12.8 Å². The van der Waals surface area contributed by atoms with Gasteiger partial charge in [-0.2, -0.15) is 0 Å². The van der Waals surface area contributed by atoms with E-state index in [2.05, 4.69) is 5.32 Å². The third kappa shape index (κ3) is 21.1. The minimum atomic E-state index is -3.55. The van der Waals surface area contributed by atoms with Gasteiger partial charge in [-0.3, -0.25) is 9.59 Å². The van der Waals surface area contributed by atoms with E-state index in [1.54, 1.807) is 18.2 Å². The summed E-state index contributed by atoms with van der Waals surface area (Å²) in [6.07, 6.45) is 1.25. The zero-order valence-electron chi connectivity index (χ0n) is 23.2. The quantitative estimate of drug-likeness (QED) is 0.175. The van der Waals surface area contributed by atoms with Crippen LogP contribution in [0.15, 0.2) is 58.3 Å².